The first kappa shape index (κ1) is 11.5. The molecule has 0 radical (unpaired) electrons. The largest absolute Gasteiger partial charge is 0.491 e. The zero-order chi connectivity index (χ0) is 13.2. The summed E-state index contributed by atoms with van der Waals surface area (Å²) in [7, 11) is 0. The van der Waals surface area contributed by atoms with E-state index >= 15 is 0 Å². The zero-order valence-electron chi connectivity index (χ0n) is 9.89. The smallest absolute Gasteiger partial charge is 0.219 e. The van der Waals surface area contributed by atoms with Crippen LogP contribution in [0.25, 0.3) is 0 Å². The van der Waals surface area contributed by atoms with Crippen molar-refractivity contribution in [1.29, 1.82) is 5.26 Å². The first-order chi connectivity index (χ1) is 9.29. The maximum atomic E-state index is 13.8. The first-order valence-corrected chi connectivity index (χ1v) is 5.77. The Morgan fingerprint density at radius 2 is 2.32 bits per heavy atom. The minimum Gasteiger partial charge on any atom is -0.491 e. The monoisotopic (exact) mass is 256 g/mol. The molecule has 1 aromatic heterocycles. The molecule has 0 atom stereocenters. The van der Waals surface area contributed by atoms with Crippen LogP contribution in [0.4, 0.5) is 4.39 Å². The lowest BCUT2D eigenvalue weighted by atomic mass is 10.1. The number of nitrogens with zero attached hydrogens (tertiary/aromatic N) is 2. The highest BCUT2D eigenvalue weighted by Gasteiger charge is 2.25. The van der Waals surface area contributed by atoms with E-state index in [4.69, 9.17) is 14.7 Å². The van der Waals surface area contributed by atoms with Gasteiger partial charge in [0.2, 0.25) is 5.88 Å². The van der Waals surface area contributed by atoms with Crippen molar-refractivity contribution in [2.24, 2.45) is 0 Å². The standard InChI is InChI=1S/C14H9FN2O2/c15-11-7-12(19-13-3-1-2-5-17-13)9-4-6-18-14(9)10(11)8-16/h1-3,5,7H,4,6H2. The van der Waals surface area contributed by atoms with Crippen LogP contribution in [0.5, 0.6) is 17.4 Å². The normalized spacial score (nSPS) is 12.4. The average Bonchev–Trinajstić information content (AvgIpc) is 2.89. The summed E-state index contributed by atoms with van der Waals surface area (Å²) in [5.74, 6) is 0.367. The molecule has 0 bridgehead atoms. The summed E-state index contributed by atoms with van der Waals surface area (Å²) in [5.41, 5.74) is 0.643. The fraction of sp³-hybridized carbons (Fsp3) is 0.143. The van der Waals surface area contributed by atoms with Crippen molar-refractivity contribution in [2.75, 3.05) is 6.61 Å². The van der Waals surface area contributed by atoms with Crippen molar-refractivity contribution in [3.8, 4) is 23.4 Å². The Bertz CT molecular complexity index is 665. The predicted octanol–water partition coefficient (Wildman–Crippen LogP) is 2.82. The lowest BCUT2D eigenvalue weighted by Crippen LogP contribution is -1.95. The van der Waals surface area contributed by atoms with E-state index in [1.165, 1.54) is 6.07 Å². The van der Waals surface area contributed by atoms with Crippen LogP contribution in [0.15, 0.2) is 30.5 Å². The Hall–Kier alpha value is -2.61. The molecule has 2 aromatic rings. The summed E-state index contributed by atoms with van der Waals surface area (Å²) in [6.45, 7) is 0.423. The molecule has 1 aliphatic heterocycles. The number of nitriles is 1. The maximum Gasteiger partial charge on any atom is 0.219 e. The summed E-state index contributed by atoms with van der Waals surface area (Å²) < 4.78 is 24.7. The van der Waals surface area contributed by atoms with E-state index in [-0.39, 0.29) is 11.3 Å². The molecule has 0 saturated carbocycles. The Balaban J connectivity index is 2.06. The molecule has 0 spiro atoms. The van der Waals surface area contributed by atoms with Crippen LogP contribution in [0.2, 0.25) is 0 Å². The third kappa shape index (κ3) is 1.97. The van der Waals surface area contributed by atoms with Crippen molar-refractivity contribution in [1.82, 2.24) is 4.98 Å². The summed E-state index contributed by atoms with van der Waals surface area (Å²) in [6.07, 6.45) is 2.18. The van der Waals surface area contributed by atoms with Gasteiger partial charge in [-0.05, 0) is 6.07 Å². The van der Waals surface area contributed by atoms with Crippen LogP contribution in [0.1, 0.15) is 11.1 Å². The van der Waals surface area contributed by atoms with Crippen LogP contribution in [0, 0.1) is 17.1 Å². The Kier molecular flexibility index (Phi) is 2.76. The van der Waals surface area contributed by atoms with Gasteiger partial charge in [0.05, 0.1) is 6.61 Å². The summed E-state index contributed by atoms with van der Waals surface area (Å²) in [4.78, 5) is 4.02. The number of benzene rings is 1. The first-order valence-electron chi connectivity index (χ1n) is 5.77. The van der Waals surface area contributed by atoms with E-state index in [2.05, 4.69) is 4.98 Å². The molecule has 2 heterocycles. The molecule has 0 amide bonds. The number of rotatable bonds is 2. The number of hydrogen-bond donors (Lipinski definition) is 0. The lowest BCUT2D eigenvalue weighted by Gasteiger charge is -2.10. The molecular formula is C14H9FN2O2. The topological polar surface area (TPSA) is 55.1 Å². The van der Waals surface area contributed by atoms with Crippen molar-refractivity contribution in [2.45, 2.75) is 6.42 Å². The zero-order valence-corrected chi connectivity index (χ0v) is 9.89. The van der Waals surface area contributed by atoms with Crippen molar-refractivity contribution >= 4 is 0 Å². The molecule has 94 valence electrons. The second kappa shape index (κ2) is 4.58. The summed E-state index contributed by atoms with van der Waals surface area (Å²) in [6, 6.07) is 8.24. The van der Waals surface area contributed by atoms with Gasteiger partial charge in [-0.25, -0.2) is 9.37 Å². The van der Waals surface area contributed by atoms with Crippen LogP contribution < -0.4 is 9.47 Å². The minimum absolute atomic E-state index is 0.0686. The van der Waals surface area contributed by atoms with E-state index in [1.54, 1.807) is 24.4 Å². The highest BCUT2D eigenvalue weighted by Crippen LogP contribution is 2.39. The SMILES string of the molecule is N#Cc1c(F)cc(Oc2ccccn2)c2c1OCC2. The molecule has 4 nitrogen and oxygen atoms in total. The maximum absolute atomic E-state index is 13.8. The predicted molar refractivity (Wildman–Crippen MR) is 64.6 cm³/mol. The molecule has 3 rings (SSSR count). The molecule has 0 unspecified atom stereocenters. The Labute approximate surface area is 109 Å². The quantitative estimate of drug-likeness (QED) is 0.829. The Morgan fingerprint density at radius 3 is 3.05 bits per heavy atom. The number of pyridine rings is 1. The van der Waals surface area contributed by atoms with Gasteiger partial charge in [-0.3, -0.25) is 0 Å². The van der Waals surface area contributed by atoms with Crippen LogP contribution >= 0.6 is 0 Å². The average molecular weight is 256 g/mol. The number of fused-ring (bicyclic) bond motifs is 1. The third-order valence-corrected chi connectivity index (χ3v) is 2.86. The second-order valence-corrected chi connectivity index (χ2v) is 4.02. The van der Waals surface area contributed by atoms with Crippen molar-refractivity contribution in [3.05, 3.63) is 47.4 Å². The molecule has 0 fully saturated rings. The summed E-state index contributed by atoms with van der Waals surface area (Å²) >= 11 is 0. The summed E-state index contributed by atoms with van der Waals surface area (Å²) in [5, 5.41) is 8.94. The van der Waals surface area contributed by atoms with E-state index in [0.717, 1.165) is 0 Å². The molecule has 0 N–H and O–H groups in total. The lowest BCUT2D eigenvalue weighted by molar-refractivity contribution is 0.354. The van der Waals surface area contributed by atoms with Crippen molar-refractivity contribution in [3.63, 3.8) is 0 Å². The van der Waals surface area contributed by atoms with E-state index in [1.807, 2.05) is 6.07 Å². The van der Waals surface area contributed by atoms with E-state index < -0.39 is 5.82 Å². The van der Waals surface area contributed by atoms with Gasteiger partial charge in [0.25, 0.3) is 0 Å². The van der Waals surface area contributed by atoms with E-state index in [9.17, 15) is 4.39 Å². The van der Waals surface area contributed by atoms with Crippen LogP contribution in [-0.2, 0) is 6.42 Å². The second-order valence-electron chi connectivity index (χ2n) is 4.02. The fourth-order valence-electron chi connectivity index (χ4n) is 2.01. The molecule has 0 saturated heterocycles. The number of hydrogen-bond acceptors (Lipinski definition) is 4. The van der Waals surface area contributed by atoms with Crippen LogP contribution in [0.3, 0.4) is 0 Å². The van der Waals surface area contributed by atoms with Crippen LogP contribution in [-0.4, -0.2) is 11.6 Å². The van der Waals surface area contributed by atoms with Gasteiger partial charge in [0.1, 0.15) is 28.9 Å². The highest BCUT2D eigenvalue weighted by atomic mass is 19.1. The van der Waals surface area contributed by atoms with Gasteiger partial charge >= 0.3 is 0 Å². The van der Waals surface area contributed by atoms with Gasteiger partial charge < -0.3 is 9.47 Å². The third-order valence-electron chi connectivity index (χ3n) is 2.86. The van der Waals surface area contributed by atoms with Gasteiger partial charge in [-0.1, -0.05) is 6.07 Å². The molecule has 19 heavy (non-hydrogen) atoms. The van der Waals surface area contributed by atoms with Crippen molar-refractivity contribution < 1.29 is 13.9 Å². The number of aromatic nitrogens is 1. The van der Waals surface area contributed by atoms with Gasteiger partial charge in [-0.2, -0.15) is 5.26 Å². The number of ether oxygens (including phenoxy) is 2. The fourth-order valence-corrected chi connectivity index (χ4v) is 2.01. The molecule has 1 aliphatic rings. The minimum atomic E-state index is -0.644. The van der Waals surface area contributed by atoms with E-state index in [0.29, 0.717) is 30.2 Å². The van der Waals surface area contributed by atoms with Gasteiger partial charge in [-0.15, -0.1) is 0 Å². The van der Waals surface area contributed by atoms with Gasteiger partial charge in [0, 0.05) is 30.3 Å². The molecule has 1 aromatic carbocycles. The Morgan fingerprint density at radius 1 is 1.42 bits per heavy atom. The van der Waals surface area contributed by atoms with Gasteiger partial charge in [0.15, 0.2) is 0 Å². The number of halogens is 1. The molecule has 5 heteroatoms. The highest BCUT2D eigenvalue weighted by molar-refractivity contribution is 5.57. The molecular weight excluding hydrogens is 247 g/mol. The molecule has 0 aliphatic carbocycles.